The van der Waals surface area contributed by atoms with Crippen molar-refractivity contribution in [2.75, 3.05) is 6.54 Å². The van der Waals surface area contributed by atoms with Gasteiger partial charge in [0.2, 0.25) is 23.6 Å². The van der Waals surface area contributed by atoms with Gasteiger partial charge in [-0.1, -0.05) is 20.3 Å². The summed E-state index contributed by atoms with van der Waals surface area (Å²) in [5, 5.41) is 23.1. The molecule has 0 bridgehead atoms. The van der Waals surface area contributed by atoms with Crippen LogP contribution in [0.2, 0.25) is 0 Å². The van der Waals surface area contributed by atoms with Crippen LogP contribution < -0.4 is 22.1 Å². The highest BCUT2D eigenvalue weighted by molar-refractivity contribution is 5.94. The van der Waals surface area contributed by atoms with E-state index in [1.54, 1.807) is 6.92 Å². The van der Waals surface area contributed by atoms with E-state index in [1.807, 2.05) is 6.92 Å². The van der Waals surface area contributed by atoms with Gasteiger partial charge in [-0.05, 0) is 31.6 Å². The largest absolute Gasteiger partial charge is 0.481 e. The summed E-state index contributed by atoms with van der Waals surface area (Å²) in [6.45, 7) is 3.82. The number of rotatable bonds is 14. The van der Waals surface area contributed by atoms with Crippen molar-refractivity contribution in [2.45, 2.75) is 83.0 Å². The predicted molar refractivity (Wildman–Crippen MR) is 119 cm³/mol. The Bertz CT molecular complexity index is 789. The molecule has 192 valence electrons. The number of carbonyl (C=O) groups is 6. The number of nitrogens with one attached hydrogen (secondary N) is 2. The fourth-order valence-corrected chi connectivity index (χ4v) is 3.65. The molecule has 4 amide bonds. The Morgan fingerprint density at radius 1 is 1.06 bits per heavy atom. The zero-order valence-electron chi connectivity index (χ0n) is 19.5. The minimum absolute atomic E-state index is 0.0980. The molecule has 34 heavy (non-hydrogen) atoms. The lowest BCUT2D eigenvalue weighted by molar-refractivity contribution is -0.145. The number of carboxylic acid groups (broad SMARTS) is 2. The lowest BCUT2D eigenvalue weighted by atomic mass is 9.96. The first-order chi connectivity index (χ1) is 15.9. The third-order valence-electron chi connectivity index (χ3n) is 5.92. The van der Waals surface area contributed by atoms with Crippen LogP contribution >= 0.6 is 0 Å². The first kappa shape index (κ1) is 28.8. The summed E-state index contributed by atoms with van der Waals surface area (Å²) in [6.07, 6.45) is 0.525. The smallest absolute Gasteiger partial charge is 0.326 e. The first-order valence-corrected chi connectivity index (χ1v) is 11.3. The molecule has 0 aromatic rings. The predicted octanol–water partition coefficient (Wildman–Crippen LogP) is -1.46. The third kappa shape index (κ3) is 8.61. The minimum atomic E-state index is -1.34. The van der Waals surface area contributed by atoms with Gasteiger partial charge in [0.05, 0.1) is 6.04 Å². The number of likely N-dealkylation sites (tertiary alicyclic amines) is 1. The van der Waals surface area contributed by atoms with Crippen molar-refractivity contribution < 1.29 is 39.0 Å². The molecule has 0 radical (unpaired) electrons. The average Bonchev–Trinajstić information content (AvgIpc) is 3.26. The fraction of sp³-hybridized carbons (Fsp3) is 0.714. The van der Waals surface area contributed by atoms with Gasteiger partial charge in [0.15, 0.2) is 0 Å². The van der Waals surface area contributed by atoms with Crippen LogP contribution in [0.1, 0.15) is 58.8 Å². The van der Waals surface area contributed by atoms with Crippen LogP contribution in [0.4, 0.5) is 0 Å². The van der Waals surface area contributed by atoms with Crippen LogP contribution in [-0.2, 0) is 28.8 Å². The van der Waals surface area contributed by atoms with Gasteiger partial charge in [0, 0.05) is 19.4 Å². The van der Waals surface area contributed by atoms with E-state index in [0.29, 0.717) is 19.3 Å². The Labute approximate surface area is 197 Å². The van der Waals surface area contributed by atoms with Gasteiger partial charge in [-0.2, -0.15) is 0 Å². The van der Waals surface area contributed by atoms with E-state index >= 15 is 0 Å². The SMILES string of the molecule is CCC(C)C(NC(=O)C(N)CCC(=O)O)C(=O)N1CCCC1C(=O)NC(CCC(N)=O)C(=O)O. The lowest BCUT2D eigenvalue weighted by Crippen LogP contribution is -2.58. The monoisotopic (exact) mass is 485 g/mol. The van der Waals surface area contributed by atoms with Gasteiger partial charge in [-0.25, -0.2) is 4.79 Å². The average molecular weight is 486 g/mol. The molecule has 13 nitrogen and oxygen atoms in total. The molecule has 0 spiro atoms. The summed E-state index contributed by atoms with van der Waals surface area (Å²) < 4.78 is 0. The molecule has 1 fully saturated rings. The Hall–Kier alpha value is -3.22. The van der Waals surface area contributed by atoms with Gasteiger partial charge in [-0.3, -0.25) is 24.0 Å². The number of nitrogens with two attached hydrogens (primary N) is 2. The molecule has 1 aliphatic heterocycles. The summed E-state index contributed by atoms with van der Waals surface area (Å²) in [7, 11) is 0. The molecule has 0 aromatic heterocycles. The topological polar surface area (TPSA) is 222 Å². The second-order valence-corrected chi connectivity index (χ2v) is 8.50. The zero-order valence-corrected chi connectivity index (χ0v) is 19.5. The Morgan fingerprint density at radius 2 is 1.71 bits per heavy atom. The third-order valence-corrected chi connectivity index (χ3v) is 5.92. The molecule has 0 aliphatic carbocycles. The Morgan fingerprint density at radius 3 is 2.24 bits per heavy atom. The molecule has 1 saturated heterocycles. The summed E-state index contributed by atoms with van der Waals surface area (Å²) in [5.74, 6) is -5.28. The van der Waals surface area contributed by atoms with Crippen molar-refractivity contribution in [3.63, 3.8) is 0 Å². The highest BCUT2D eigenvalue weighted by Gasteiger charge is 2.40. The lowest BCUT2D eigenvalue weighted by Gasteiger charge is -2.32. The van der Waals surface area contributed by atoms with E-state index in [1.165, 1.54) is 4.90 Å². The van der Waals surface area contributed by atoms with Crippen LogP contribution in [-0.4, -0.2) is 81.4 Å². The molecule has 13 heteroatoms. The van der Waals surface area contributed by atoms with Gasteiger partial charge >= 0.3 is 11.9 Å². The van der Waals surface area contributed by atoms with Crippen molar-refractivity contribution in [3.8, 4) is 0 Å². The van der Waals surface area contributed by atoms with Crippen LogP contribution in [0.25, 0.3) is 0 Å². The molecule has 1 rings (SSSR count). The van der Waals surface area contributed by atoms with Crippen molar-refractivity contribution in [3.05, 3.63) is 0 Å². The molecule has 5 unspecified atom stereocenters. The standard InChI is InChI=1S/C21H35N5O8/c1-3-11(2)17(25-18(30)12(22)6-9-16(28)29)20(32)26-10-4-5-14(26)19(31)24-13(21(33)34)7-8-15(23)27/h11-14,17H,3-10,22H2,1-2H3,(H2,23,27)(H,24,31)(H,25,30)(H,28,29)(H,33,34). The fourth-order valence-electron chi connectivity index (χ4n) is 3.65. The first-order valence-electron chi connectivity index (χ1n) is 11.3. The second kappa shape index (κ2) is 13.5. The van der Waals surface area contributed by atoms with E-state index in [2.05, 4.69) is 10.6 Å². The maximum Gasteiger partial charge on any atom is 0.326 e. The molecule has 1 heterocycles. The number of carbonyl (C=O) groups excluding carboxylic acids is 4. The number of primary amides is 1. The van der Waals surface area contributed by atoms with Crippen molar-refractivity contribution in [1.82, 2.24) is 15.5 Å². The number of hydrogen-bond acceptors (Lipinski definition) is 7. The van der Waals surface area contributed by atoms with Gasteiger partial charge in [0.25, 0.3) is 0 Å². The minimum Gasteiger partial charge on any atom is -0.481 e. The van der Waals surface area contributed by atoms with Crippen molar-refractivity contribution >= 4 is 35.6 Å². The maximum atomic E-state index is 13.3. The number of hydrogen-bond donors (Lipinski definition) is 6. The van der Waals surface area contributed by atoms with Crippen LogP contribution in [0.3, 0.4) is 0 Å². The van der Waals surface area contributed by atoms with Crippen LogP contribution in [0, 0.1) is 5.92 Å². The summed E-state index contributed by atoms with van der Waals surface area (Å²) in [6, 6.07) is -4.39. The molecular weight excluding hydrogens is 450 g/mol. The summed E-state index contributed by atoms with van der Waals surface area (Å²) in [4.78, 5) is 73.1. The molecule has 5 atom stereocenters. The maximum absolute atomic E-state index is 13.3. The van der Waals surface area contributed by atoms with E-state index in [-0.39, 0.29) is 38.1 Å². The van der Waals surface area contributed by atoms with E-state index in [4.69, 9.17) is 16.6 Å². The van der Waals surface area contributed by atoms with E-state index in [9.17, 15) is 33.9 Å². The van der Waals surface area contributed by atoms with E-state index in [0.717, 1.165) is 0 Å². The quantitative estimate of drug-likeness (QED) is 0.169. The summed E-state index contributed by atoms with van der Waals surface area (Å²) in [5.41, 5.74) is 10.8. The summed E-state index contributed by atoms with van der Waals surface area (Å²) >= 11 is 0. The van der Waals surface area contributed by atoms with Gasteiger partial charge in [-0.15, -0.1) is 0 Å². The molecule has 8 N–H and O–H groups in total. The number of nitrogens with zero attached hydrogens (tertiary/aromatic N) is 1. The Balaban J connectivity index is 2.94. The highest BCUT2D eigenvalue weighted by Crippen LogP contribution is 2.22. The number of amides is 4. The molecule has 1 aliphatic rings. The van der Waals surface area contributed by atoms with Crippen molar-refractivity contribution in [1.29, 1.82) is 0 Å². The molecule has 0 aromatic carbocycles. The number of aliphatic carboxylic acids is 2. The normalized spacial score (nSPS) is 18.9. The van der Waals surface area contributed by atoms with Gasteiger partial charge < -0.3 is 37.2 Å². The van der Waals surface area contributed by atoms with Crippen LogP contribution in [0.15, 0.2) is 0 Å². The number of carboxylic acids is 2. The Kier molecular flexibility index (Phi) is 11.4. The zero-order chi connectivity index (χ0) is 26.0. The second-order valence-electron chi connectivity index (χ2n) is 8.50. The highest BCUT2D eigenvalue weighted by atomic mass is 16.4. The molecule has 0 saturated carbocycles. The van der Waals surface area contributed by atoms with Gasteiger partial charge in [0.1, 0.15) is 18.1 Å². The van der Waals surface area contributed by atoms with Crippen LogP contribution in [0.5, 0.6) is 0 Å². The van der Waals surface area contributed by atoms with E-state index < -0.39 is 59.7 Å². The molecular formula is C21H35N5O8. The van der Waals surface area contributed by atoms with Crippen molar-refractivity contribution in [2.24, 2.45) is 17.4 Å².